The van der Waals surface area contributed by atoms with Crippen LogP contribution in [0.1, 0.15) is 31.0 Å². The van der Waals surface area contributed by atoms with Crippen molar-refractivity contribution in [3.8, 4) is 0 Å². The SMILES string of the molecule is CNC(CC1CC1)c1cscn1. The summed E-state index contributed by atoms with van der Waals surface area (Å²) in [6, 6.07) is 0.490. The van der Waals surface area contributed by atoms with E-state index in [1.165, 1.54) is 25.0 Å². The van der Waals surface area contributed by atoms with E-state index in [-0.39, 0.29) is 0 Å². The molecule has 1 heterocycles. The van der Waals surface area contributed by atoms with Crippen molar-refractivity contribution in [3.05, 3.63) is 16.6 Å². The Morgan fingerprint density at radius 3 is 3.08 bits per heavy atom. The number of hydrogen-bond donors (Lipinski definition) is 1. The smallest absolute Gasteiger partial charge is 0.0795 e. The zero-order chi connectivity index (χ0) is 8.39. The molecule has 1 atom stereocenters. The average Bonchev–Trinajstić information content (AvgIpc) is 2.74. The lowest BCUT2D eigenvalue weighted by Crippen LogP contribution is -2.17. The van der Waals surface area contributed by atoms with E-state index in [4.69, 9.17) is 0 Å². The second-order valence-corrected chi connectivity index (χ2v) is 4.15. The Bertz CT molecular complexity index is 229. The molecule has 1 fully saturated rings. The van der Waals surface area contributed by atoms with Gasteiger partial charge in [-0.2, -0.15) is 0 Å². The second-order valence-electron chi connectivity index (χ2n) is 3.43. The second kappa shape index (κ2) is 3.54. The standard InChI is InChI=1S/C9H14N2S/c1-10-8(4-7-2-3-7)9-5-12-6-11-9/h5-8,10H,2-4H2,1H3. The minimum atomic E-state index is 0.490. The van der Waals surface area contributed by atoms with E-state index in [2.05, 4.69) is 15.7 Å². The normalized spacial score (nSPS) is 19.4. The third kappa shape index (κ3) is 1.84. The highest BCUT2D eigenvalue weighted by molar-refractivity contribution is 7.07. The van der Waals surface area contributed by atoms with Crippen LogP contribution in [0.4, 0.5) is 0 Å². The third-order valence-electron chi connectivity index (χ3n) is 2.42. The minimum Gasteiger partial charge on any atom is -0.312 e. The third-order valence-corrected chi connectivity index (χ3v) is 3.03. The van der Waals surface area contributed by atoms with Crippen molar-refractivity contribution in [2.24, 2.45) is 5.92 Å². The molecule has 0 saturated heterocycles. The largest absolute Gasteiger partial charge is 0.312 e. The van der Waals surface area contributed by atoms with Crippen LogP contribution in [-0.2, 0) is 0 Å². The maximum atomic E-state index is 4.32. The predicted octanol–water partition coefficient (Wildman–Crippen LogP) is 2.20. The topological polar surface area (TPSA) is 24.9 Å². The molecule has 0 radical (unpaired) electrons. The molecule has 0 amide bonds. The van der Waals surface area contributed by atoms with Crippen LogP contribution in [-0.4, -0.2) is 12.0 Å². The van der Waals surface area contributed by atoms with Crippen molar-refractivity contribution in [1.82, 2.24) is 10.3 Å². The van der Waals surface area contributed by atoms with Crippen molar-refractivity contribution in [2.45, 2.75) is 25.3 Å². The number of aromatic nitrogens is 1. The molecule has 12 heavy (non-hydrogen) atoms. The zero-order valence-electron chi connectivity index (χ0n) is 7.29. The van der Waals surface area contributed by atoms with Crippen LogP contribution in [0.15, 0.2) is 10.9 Å². The molecule has 0 aromatic carbocycles. The summed E-state index contributed by atoms with van der Waals surface area (Å²) in [5.41, 5.74) is 3.13. The number of thiazole rings is 1. The number of nitrogens with zero attached hydrogens (tertiary/aromatic N) is 1. The van der Waals surface area contributed by atoms with Crippen LogP contribution < -0.4 is 5.32 Å². The molecule has 1 aliphatic carbocycles. The summed E-state index contributed by atoms with van der Waals surface area (Å²) in [5, 5.41) is 5.46. The Hall–Kier alpha value is -0.410. The van der Waals surface area contributed by atoms with Gasteiger partial charge in [0.1, 0.15) is 0 Å². The van der Waals surface area contributed by atoms with Gasteiger partial charge in [-0.1, -0.05) is 12.8 Å². The van der Waals surface area contributed by atoms with Gasteiger partial charge in [-0.05, 0) is 19.4 Å². The minimum absolute atomic E-state index is 0.490. The summed E-state index contributed by atoms with van der Waals surface area (Å²) in [5.74, 6) is 0.962. The van der Waals surface area contributed by atoms with Gasteiger partial charge in [-0.25, -0.2) is 4.98 Å². The molecule has 1 N–H and O–H groups in total. The molecule has 1 aromatic rings. The molecule has 2 rings (SSSR count). The van der Waals surface area contributed by atoms with Crippen molar-refractivity contribution < 1.29 is 0 Å². The summed E-state index contributed by atoms with van der Waals surface area (Å²) in [6.07, 6.45) is 4.10. The monoisotopic (exact) mass is 182 g/mol. The molecule has 1 aliphatic rings. The number of rotatable bonds is 4. The molecule has 1 aromatic heterocycles. The van der Waals surface area contributed by atoms with Crippen LogP contribution in [0.3, 0.4) is 0 Å². The Morgan fingerprint density at radius 1 is 1.75 bits per heavy atom. The lowest BCUT2D eigenvalue weighted by molar-refractivity contribution is 0.505. The Balaban J connectivity index is 1.97. The van der Waals surface area contributed by atoms with Crippen molar-refractivity contribution in [3.63, 3.8) is 0 Å². The molecule has 0 spiro atoms. The van der Waals surface area contributed by atoms with Gasteiger partial charge in [-0.3, -0.25) is 0 Å². The molecule has 3 heteroatoms. The first kappa shape index (κ1) is 8.20. The molecule has 2 nitrogen and oxygen atoms in total. The zero-order valence-corrected chi connectivity index (χ0v) is 8.10. The van der Waals surface area contributed by atoms with Crippen molar-refractivity contribution in [2.75, 3.05) is 7.05 Å². The Morgan fingerprint density at radius 2 is 2.58 bits per heavy atom. The van der Waals surface area contributed by atoms with Crippen molar-refractivity contribution >= 4 is 11.3 Å². The van der Waals surface area contributed by atoms with E-state index in [1.807, 2.05) is 12.6 Å². The highest BCUT2D eigenvalue weighted by atomic mass is 32.1. The molecule has 0 bridgehead atoms. The van der Waals surface area contributed by atoms with Gasteiger partial charge in [-0.15, -0.1) is 11.3 Å². The lowest BCUT2D eigenvalue weighted by Gasteiger charge is -2.12. The van der Waals surface area contributed by atoms with E-state index < -0.39 is 0 Å². The van der Waals surface area contributed by atoms with Crippen LogP contribution in [0, 0.1) is 5.92 Å². The Kier molecular flexibility index (Phi) is 2.42. The van der Waals surface area contributed by atoms with E-state index in [0.29, 0.717) is 6.04 Å². The number of hydrogen-bond acceptors (Lipinski definition) is 3. The fraction of sp³-hybridized carbons (Fsp3) is 0.667. The fourth-order valence-corrected chi connectivity index (χ4v) is 2.08. The summed E-state index contributed by atoms with van der Waals surface area (Å²) in [6.45, 7) is 0. The van der Waals surface area contributed by atoms with Crippen LogP contribution in [0.2, 0.25) is 0 Å². The van der Waals surface area contributed by atoms with E-state index in [1.54, 1.807) is 11.3 Å². The highest BCUT2D eigenvalue weighted by Crippen LogP contribution is 2.37. The average molecular weight is 182 g/mol. The molecule has 1 saturated carbocycles. The summed E-state index contributed by atoms with van der Waals surface area (Å²) in [4.78, 5) is 4.32. The first-order chi connectivity index (χ1) is 5.90. The lowest BCUT2D eigenvalue weighted by atomic mass is 10.1. The molecule has 66 valence electrons. The molecule has 0 aliphatic heterocycles. The summed E-state index contributed by atoms with van der Waals surface area (Å²) >= 11 is 1.68. The Labute approximate surface area is 77.0 Å². The first-order valence-electron chi connectivity index (χ1n) is 4.45. The summed E-state index contributed by atoms with van der Waals surface area (Å²) < 4.78 is 0. The number of nitrogens with one attached hydrogen (secondary N) is 1. The van der Waals surface area contributed by atoms with Gasteiger partial charge in [0.25, 0.3) is 0 Å². The maximum absolute atomic E-state index is 4.32. The molecular formula is C9H14N2S. The molecule has 1 unspecified atom stereocenters. The van der Waals surface area contributed by atoms with Gasteiger partial charge in [0, 0.05) is 5.38 Å². The van der Waals surface area contributed by atoms with E-state index in [9.17, 15) is 0 Å². The van der Waals surface area contributed by atoms with Gasteiger partial charge < -0.3 is 5.32 Å². The van der Waals surface area contributed by atoms with Crippen LogP contribution in [0.25, 0.3) is 0 Å². The van der Waals surface area contributed by atoms with Crippen LogP contribution >= 0.6 is 11.3 Å². The van der Waals surface area contributed by atoms with Gasteiger partial charge >= 0.3 is 0 Å². The first-order valence-corrected chi connectivity index (χ1v) is 5.40. The quantitative estimate of drug-likeness (QED) is 0.772. The van der Waals surface area contributed by atoms with Gasteiger partial charge in [0.15, 0.2) is 0 Å². The maximum Gasteiger partial charge on any atom is 0.0795 e. The van der Waals surface area contributed by atoms with E-state index >= 15 is 0 Å². The fourth-order valence-electron chi connectivity index (χ4n) is 1.47. The predicted molar refractivity (Wildman–Crippen MR) is 51.3 cm³/mol. The summed E-state index contributed by atoms with van der Waals surface area (Å²) in [7, 11) is 2.02. The van der Waals surface area contributed by atoms with Gasteiger partial charge in [0.2, 0.25) is 0 Å². The van der Waals surface area contributed by atoms with E-state index in [0.717, 1.165) is 5.92 Å². The molecular weight excluding hydrogens is 168 g/mol. The van der Waals surface area contributed by atoms with Crippen molar-refractivity contribution in [1.29, 1.82) is 0 Å². The van der Waals surface area contributed by atoms with Gasteiger partial charge in [0.05, 0.1) is 17.2 Å². The van der Waals surface area contributed by atoms with Crippen LogP contribution in [0.5, 0.6) is 0 Å². The highest BCUT2D eigenvalue weighted by Gasteiger charge is 2.26.